The fourth-order valence-corrected chi connectivity index (χ4v) is 2.49. The predicted molar refractivity (Wildman–Crippen MR) is 78.6 cm³/mol. The summed E-state index contributed by atoms with van der Waals surface area (Å²) in [6, 6.07) is 7.48. The summed E-state index contributed by atoms with van der Waals surface area (Å²) in [7, 11) is 1.62. The summed E-state index contributed by atoms with van der Waals surface area (Å²) < 4.78 is 15.9. The second-order valence-electron chi connectivity index (χ2n) is 5.39. The van der Waals surface area contributed by atoms with Crippen LogP contribution in [0.3, 0.4) is 0 Å². The first kappa shape index (κ1) is 15.8. The predicted octanol–water partition coefficient (Wildman–Crippen LogP) is 0.0845. The van der Waals surface area contributed by atoms with Crippen molar-refractivity contribution in [2.45, 2.75) is 19.4 Å². The smallest absolute Gasteiger partial charge is 0.310 e. The molecule has 1 fully saturated rings. The number of esters is 1. The van der Waals surface area contributed by atoms with Gasteiger partial charge in [-0.2, -0.15) is 0 Å². The number of benzene rings is 1. The van der Waals surface area contributed by atoms with Crippen molar-refractivity contribution in [2.24, 2.45) is 0 Å². The molecule has 5 heteroatoms. The van der Waals surface area contributed by atoms with Gasteiger partial charge in [-0.25, -0.2) is 0 Å². The van der Waals surface area contributed by atoms with Crippen LogP contribution in [0.15, 0.2) is 24.3 Å². The zero-order valence-corrected chi connectivity index (χ0v) is 12.8. The van der Waals surface area contributed by atoms with Gasteiger partial charge < -0.3 is 19.1 Å². The number of carbonyl (C=O) groups is 1. The maximum atomic E-state index is 11.9. The number of methoxy groups -OCH3 is 1. The van der Waals surface area contributed by atoms with Crippen LogP contribution < -0.4 is 9.64 Å². The maximum Gasteiger partial charge on any atom is 0.310 e. The summed E-state index contributed by atoms with van der Waals surface area (Å²) in [6.45, 7) is 6.36. The van der Waals surface area contributed by atoms with Crippen molar-refractivity contribution >= 4 is 5.97 Å². The van der Waals surface area contributed by atoms with Gasteiger partial charge in [-0.1, -0.05) is 12.1 Å². The molecule has 0 unspecified atom stereocenters. The molecule has 0 bridgehead atoms. The Kier molecular flexibility index (Phi) is 6.02. The van der Waals surface area contributed by atoms with Gasteiger partial charge in [-0.15, -0.1) is 0 Å². The van der Waals surface area contributed by atoms with Gasteiger partial charge in [0.05, 0.1) is 26.7 Å². The summed E-state index contributed by atoms with van der Waals surface area (Å²) in [6.07, 6.45) is 0.233. The SMILES string of the molecule is COc1ccc(CC(=O)O[C@@H](C)C[NH+]2CCOCC2)cc1. The first-order valence-electron chi connectivity index (χ1n) is 7.41. The molecule has 1 aliphatic rings. The van der Waals surface area contributed by atoms with Crippen molar-refractivity contribution in [3.63, 3.8) is 0 Å². The van der Waals surface area contributed by atoms with Crippen molar-refractivity contribution in [1.29, 1.82) is 0 Å². The number of morpholine rings is 1. The second kappa shape index (κ2) is 8.00. The van der Waals surface area contributed by atoms with Crippen LogP contribution in [0.25, 0.3) is 0 Å². The van der Waals surface area contributed by atoms with E-state index in [0.29, 0.717) is 6.42 Å². The molecule has 1 aromatic carbocycles. The van der Waals surface area contributed by atoms with Crippen LogP contribution in [0.1, 0.15) is 12.5 Å². The van der Waals surface area contributed by atoms with Crippen LogP contribution in [0.4, 0.5) is 0 Å². The van der Waals surface area contributed by atoms with E-state index < -0.39 is 0 Å². The van der Waals surface area contributed by atoms with Gasteiger partial charge in [0.1, 0.15) is 31.5 Å². The minimum absolute atomic E-state index is 0.0659. The Morgan fingerprint density at radius 3 is 2.57 bits per heavy atom. The Bertz CT molecular complexity index is 440. The molecule has 2 rings (SSSR count). The standard InChI is InChI=1S/C16H23NO4/c1-13(12-17-7-9-20-10-8-17)21-16(18)11-14-3-5-15(19-2)6-4-14/h3-6,13H,7-12H2,1-2H3/p+1/t13-/m0/s1. The Morgan fingerprint density at radius 1 is 1.29 bits per heavy atom. The van der Waals surface area contributed by atoms with E-state index in [1.165, 1.54) is 4.90 Å². The first-order chi connectivity index (χ1) is 10.2. The fraction of sp³-hybridized carbons (Fsp3) is 0.562. The van der Waals surface area contributed by atoms with Crippen LogP contribution in [-0.2, 0) is 20.7 Å². The molecule has 116 valence electrons. The third-order valence-corrected chi connectivity index (χ3v) is 3.62. The van der Waals surface area contributed by atoms with Gasteiger partial charge in [0, 0.05) is 0 Å². The third-order valence-electron chi connectivity index (χ3n) is 3.62. The summed E-state index contributed by atoms with van der Waals surface area (Å²) in [4.78, 5) is 13.4. The molecule has 0 amide bonds. The number of nitrogens with one attached hydrogen (secondary N) is 1. The number of ether oxygens (including phenoxy) is 3. The van der Waals surface area contributed by atoms with Crippen LogP contribution in [0, 0.1) is 0 Å². The molecular weight excluding hydrogens is 270 g/mol. The maximum absolute atomic E-state index is 11.9. The van der Waals surface area contributed by atoms with Crippen LogP contribution in [0.5, 0.6) is 5.75 Å². The molecule has 0 radical (unpaired) electrons. The fourth-order valence-electron chi connectivity index (χ4n) is 2.49. The van der Waals surface area contributed by atoms with Gasteiger partial charge in [0.15, 0.2) is 0 Å². The normalized spacial score (nSPS) is 17.2. The van der Waals surface area contributed by atoms with E-state index in [1.54, 1.807) is 7.11 Å². The van der Waals surface area contributed by atoms with E-state index in [2.05, 4.69) is 0 Å². The Balaban J connectivity index is 1.74. The lowest BCUT2D eigenvalue weighted by Crippen LogP contribution is -3.15. The third kappa shape index (κ3) is 5.36. The lowest BCUT2D eigenvalue weighted by Gasteiger charge is -2.26. The lowest BCUT2D eigenvalue weighted by molar-refractivity contribution is -0.910. The monoisotopic (exact) mass is 294 g/mol. The van der Waals surface area contributed by atoms with Gasteiger partial charge in [0.25, 0.3) is 0 Å². The molecule has 1 aliphatic heterocycles. The zero-order valence-electron chi connectivity index (χ0n) is 12.8. The van der Waals surface area contributed by atoms with E-state index in [1.807, 2.05) is 31.2 Å². The molecule has 0 aliphatic carbocycles. The molecule has 1 saturated heterocycles. The summed E-state index contributed by atoms with van der Waals surface area (Å²) >= 11 is 0. The van der Waals surface area contributed by atoms with Crippen molar-refractivity contribution in [1.82, 2.24) is 0 Å². The lowest BCUT2D eigenvalue weighted by atomic mass is 10.1. The van der Waals surface area contributed by atoms with E-state index in [0.717, 1.165) is 44.2 Å². The summed E-state index contributed by atoms with van der Waals surface area (Å²) in [5, 5.41) is 0. The van der Waals surface area contributed by atoms with Crippen LogP contribution in [0.2, 0.25) is 0 Å². The van der Waals surface area contributed by atoms with E-state index >= 15 is 0 Å². The number of carbonyl (C=O) groups excluding carboxylic acids is 1. The molecule has 5 nitrogen and oxygen atoms in total. The van der Waals surface area contributed by atoms with E-state index in [4.69, 9.17) is 14.2 Å². The minimum Gasteiger partial charge on any atom is -0.497 e. The van der Waals surface area contributed by atoms with Gasteiger partial charge in [-0.3, -0.25) is 4.79 Å². The molecule has 1 heterocycles. The first-order valence-corrected chi connectivity index (χ1v) is 7.41. The van der Waals surface area contributed by atoms with Gasteiger partial charge in [0.2, 0.25) is 0 Å². The summed E-state index contributed by atoms with van der Waals surface area (Å²) in [5.74, 6) is 0.608. The van der Waals surface area contributed by atoms with Crippen LogP contribution >= 0.6 is 0 Å². The highest BCUT2D eigenvalue weighted by Crippen LogP contribution is 2.12. The minimum atomic E-state index is -0.180. The molecule has 1 aromatic rings. The topological polar surface area (TPSA) is 49.2 Å². The van der Waals surface area contributed by atoms with E-state index in [-0.39, 0.29) is 12.1 Å². The van der Waals surface area contributed by atoms with E-state index in [9.17, 15) is 4.79 Å². The molecule has 21 heavy (non-hydrogen) atoms. The number of hydrogen-bond acceptors (Lipinski definition) is 4. The van der Waals surface area contributed by atoms with Gasteiger partial charge in [-0.05, 0) is 24.6 Å². The van der Waals surface area contributed by atoms with Crippen molar-refractivity contribution in [3.8, 4) is 5.75 Å². The van der Waals surface area contributed by atoms with Crippen molar-refractivity contribution in [3.05, 3.63) is 29.8 Å². The highest BCUT2D eigenvalue weighted by molar-refractivity contribution is 5.72. The molecule has 1 N–H and O–H groups in total. The van der Waals surface area contributed by atoms with Crippen molar-refractivity contribution < 1.29 is 23.9 Å². The van der Waals surface area contributed by atoms with Crippen molar-refractivity contribution in [2.75, 3.05) is 40.0 Å². The largest absolute Gasteiger partial charge is 0.497 e. The quantitative estimate of drug-likeness (QED) is 0.755. The number of hydrogen-bond donors (Lipinski definition) is 1. The Hall–Kier alpha value is -1.59. The average Bonchev–Trinajstić information content (AvgIpc) is 2.48. The Labute approximate surface area is 125 Å². The molecule has 0 spiro atoms. The number of quaternary nitrogens is 1. The summed E-state index contributed by atoms with van der Waals surface area (Å²) in [5.41, 5.74) is 0.937. The Morgan fingerprint density at radius 2 is 1.95 bits per heavy atom. The highest BCUT2D eigenvalue weighted by Gasteiger charge is 2.19. The average molecular weight is 294 g/mol. The highest BCUT2D eigenvalue weighted by atomic mass is 16.5. The zero-order chi connectivity index (χ0) is 15.1. The number of rotatable bonds is 6. The van der Waals surface area contributed by atoms with Crippen LogP contribution in [-0.4, -0.2) is 52.0 Å². The second-order valence-corrected chi connectivity index (χ2v) is 5.39. The van der Waals surface area contributed by atoms with Gasteiger partial charge >= 0.3 is 5.97 Å². The molecule has 0 aromatic heterocycles. The molecule has 0 saturated carbocycles. The molecular formula is C16H24NO4+. The molecule has 1 atom stereocenters.